The van der Waals surface area contributed by atoms with Gasteiger partial charge in [0.1, 0.15) is 11.2 Å². The molecule has 0 radical (unpaired) electrons. The number of amides is 1. The van der Waals surface area contributed by atoms with Crippen molar-refractivity contribution in [1.82, 2.24) is 5.32 Å². The number of nitroso groups, excluding NO2 is 1. The predicted octanol–water partition coefficient (Wildman–Crippen LogP) is 3.85. The lowest BCUT2D eigenvalue weighted by atomic mass is 10.2. The number of rotatable bonds is 5. The van der Waals surface area contributed by atoms with E-state index in [0.29, 0.717) is 18.5 Å². The number of nitrogens with zero attached hydrogens (tertiary/aromatic N) is 1. The van der Waals surface area contributed by atoms with Crippen molar-refractivity contribution < 1.29 is 4.79 Å². The minimum absolute atomic E-state index is 0.118. The van der Waals surface area contributed by atoms with Crippen LogP contribution in [0.25, 0.3) is 0 Å². The highest BCUT2D eigenvalue weighted by Gasteiger charge is 2.50. The van der Waals surface area contributed by atoms with Gasteiger partial charge >= 0.3 is 0 Å². The van der Waals surface area contributed by atoms with Crippen LogP contribution in [0.15, 0.2) is 53.7 Å². The van der Waals surface area contributed by atoms with Gasteiger partial charge in [-0.1, -0.05) is 30.3 Å². The summed E-state index contributed by atoms with van der Waals surface area (Å²) in [6.07, 6.45) is 1.39. The normalized spacial score (nSPS) is 14.3. The number of benzene rings is 2. The first-order chi connectivity index (χ1) is 12.0. The van der Waals surface area contributed by atoms with Crippen molar-refractivity contribution in [3.8, 4) is 0 Å². The molecule has 25 heavy (non-hydrogen) atoms. The second-order valence-electron chi connectivity index (χ2n) is 6.04. The quantitative estimate of drug-likeness (QED) is 0.561. The van der Waals surface area contributed by atoms with E-state index in [1.54, 1.807) is 24.3 Å². The zero-order chi connectivity index (χ0) is 17.9. The van der Waals surface area contributed by atoms with Gasteiger partial charge in [-0.25, -0.2) is 0 Å². The van der Waals surface area contributed by atoms with E-state index in [0.717, 1.165) is 11.3 Å². The summed E-state index contributed by atoms with van der Waals surface area (Å²) in [6.45, 7) is 1.94. The summed E-state index contributed by atoms with van der Waals surface area (Å²) in [6, 6.07) is 14.4. The molecule has 1 saturated carbocycles. The van der Waals surface area contributed by atoms with Crippen molar-refractivity contribution in [2.24, 2.45) is 5.18 Å². The molecule has 128 valence electrons. The molecule has 0 spiro atoms. The predicted molar refractivity (Wildman–Crippen MR) is 103 cm³/mol. The summed E-state index contributed by atoms with van der Waals surface area (Å²) < 4.78 is 0. The van der Waals surface area contributed by atoms with Gasteiger partial charge in [0.15, 0.2) is 5.11 Å². The minimum atomic E-state index is -0.712. The maximum absolute atomic E-state index is 12.6. The van der Waals surface area contributed by atoms with Crippen LogP contribution in [-0.2, 0) is 4.79 Å². The Kier molecular flexibility index (Phi) is 4.76. The van der Waals surface area contributed by atoms with E-state index < -0.39 is 5.54 Å². The topological polar surface area (TPSA) is 82.6 Å². The van der Waals surface area contributed by atoms with Crippen LogP contribution in [0.4, 0.5) is 17.1 Å². The van der Waals surface area contributed by atoms with Crippen LogP contribution >= 0.6 is 12.2 Å². The summed E-state index contributed by atoms with van der Waals surface area (Å²) in [5.41, 5.74) is 1.84. The number of carbonyl (C=O) groups excluding carboxylic acids is 1. The first-order valence-corrected chi connectivity index (χ1v) is 8.33. The largest absolute Gasteiger partial charge is 0.348 e. The number of thiocarbonyl (C=S) groups is 1. The Bertz CT molecular complexity index is 833. The van der Waals surface area contributed by atoms with Gasteiger partial charge in [0.2, 0.25) is 5.91 Å². The number of nitrogens with one attached hydrogen (secondary N) is 3. The van der Waals surface area contributed by atoms with E-state index >= 15 is 0 Å². The van der Waals surface area contributed by atoms with Gasteiger partial charge < -0.3 is 16.0 Å². The van der Waals surface area contributed by atoms with Crippen LogP contribution in [0.3, 0.4) is 0 Å². The maximum atomic E-state index is 12.6. The number of aryl methyl sites for hydroxylation is 1. The molecule has 0 heterocycles. The first kappa shape index (κ1) is 17.0. The molecule has 0 unspecified atom stereocenters. The fourth-order valence-corrected chi connectivity index (χ4v) is 2.82. The van der Waals surface area contributed by atoms with Crippen molar-refractivity contribution in [2.45, 2.75) is 25.3 Å². The summed E-state index contributed by atoms with van der Waals surface area (Å²) in [4.78, 5) is 23.5. The Hall–Kier alpha value is -2.80. The van der Waals surface area contributed by atoms with Gasteiger partial charge in [0.25, 0.3) is 0 Å². The van der Waals surface area contributed by atoms with Crippen LogP contribution < -0.4 is 16.0 Å². The third kappa shape index (κ3) is 3.83. The van der Waals surface area contributed by atoms with E-state index in [2.05, 4.69) is 21.1 Å². The van der Waals surface area contributed by atoms with E-state index in [4.69, 9.17) is 12.2 Å². The molecule has 0 atom stereocenters. The number of para-hydroxylation sites is 2. The molecule has 2 aromatic carbocycles. The lowest BCUT2D eigenvalue weighted by Crippen LogP contribution is -2.47. The highest BCUT2D eigenvalue weighted by atomic mass is 32.1. The van der Waals surface area contributed by atoms with Gasteiger partial charge in [-0.15, -0.1) is 4.91 Å². The molecular weight excluding hydrogens is 336 g/mol. The lowest BCUT2D eigenvalue weighted by molar-refractivity contribution is -0.118. The van der Waals surface area contributed by atoms with Gasteiger partial charge in [-0.3, -0.25) is 4.79 Å². The Morgan fingerprint density at radius 3 is 2.32 bits per heavy atom. The smallest absolute Gasteiger partial charge is 0.250 e. The average molecular weight is 354 g/mol. The Balaban J connectivity index is 1.65. The zero-order valence-corrected chi connectivity index (χ0v) is 14.5. The van der Waals surface area contributed by atoms with Gasteiger partial charge in [0.05, 0.1) is 5.69 Å². The van der Waals surface area contributed by atoms with Gasteiger partial charge in [0, 0.05) is 5.69 Å². The van der Waals surface area contributed by atoms with Crippen LogP contribution in [-0.4, -0.2) is 16.6 Å². The second-order valence-corrected chi connectivity index (χ2v) is 6.45. The molecular formula is C18H18N4O2S. The molecule has 2 aromatic rings. The van der Waals surface area contributed by atoms with Crippen molar-refractivity contribution >= 4 is 40.3 Å². The van der Waals surface area contributed by atoms with E-state index in [1.807, 2.05) is 31.2 Å². The SMILES string of the molecule is Cc1ccccc1NC(=O)C1(NC(=S)Nc2ccccc2N=O)CC1. The van der Waals surface area contributed by atoms with Crippen molar-refractivity contribution in [3.63, 3.8) is 0 Å². The van der Waals surface area contributed by atoms with Crippen LogP contribution in [0, 0.1) is 11.8 Å². The molecule has 1 aliphatic carbocycles. The number of carbonyl (C=O) groups is 1. The van der Waals surface area contributed by atoms with Crippen LogP contribution in [0.5, 0.6) is 0 Å². The third-order valence-electron chi connectivity index (χ3n) is 4.18. The molecule has 1 fully saturated rings. The third-order valence-corrected chi connectivity index (χ3v) is 4.39. The van der Waals surface area contributed by atoms with Crippen molar-refractivity contribution in [2.75, 3.05) is 10.6 Å². The summed E-state index contributed by atoms with van der Waals surface area (Å²) in [5.74, 6) is -0.118. The van der Waals surface area contributed by atoms with E-state index in [9.17, 15) is 9.70 Å². The maximum Gasteiger partial charge on any atom is 0.250 e. The second kappa shape index (κ2) is 6.98. The van der Waals surface area contributed by atoms with Crippen molar-refractivity contribution in [3.05, 3.63) is 59.0 Å². The molecule has 1 aliphatic rings. The molecule has 1 amide bonds. The standard InChI is InChI=1S/C18H18N4O2S/c1-12-6-2-3-7-13(12)19-16(23)18(10-11-18)21-17(25)20-14-8-4-5-9-15(14)22-24/h2-9H,10-11H2,1H3,(H,19,23)(H2,20,21,25). The summed E-state index contributed by atoms with van der Waals surface area (Å²) in [5, 5.41) is 12.2. The van der Waals surface area contributed by atoms with E-state index in [-0.39, 0.29) is 16.7 Å². The number of hydrogen-bond donors (Lipinski definition) is 3. The van der Waals surface area contributed by atoms with Crippen molar-refractivity contribution in [1.29, 1.82) is 0 Å². The summed E-state index contributed by atoms with van der Waals surface area (Å²) >= 11 is 5.30. The highest BCUT2D eigenvalue weighted by molar-refractivity contribution is 7.80. The Labute approximate surface area is 151 Å². The highest BCUT2D eigenvalue weighted by Crippen LogP contribution is 2.37. The van der Waals surface area contributed by atoms with Gasteiger partial charge in [-0.2, -0.15) is 0 Å². The molecule has 0 aromatic heterocycles. The molecule has 6 nitrogen and oxygen atoms in total. The Morgan fingerprint density at radius 1 is 1.04 bits per heavy atom. The van der Waals surface area contributed by atoms with Crippen LogP contribution in [0.2, 0.25) is 0 Å². The lowest BCUT2D eigenvalue weighted by Gasteiger charge is -2.20. The monoisotopic (exact) mass is 354 g/mol. The van der Waals surface area contributed by atoms with Crippen LogP contribution in [0.1, 0.15) is 18.4 Å². The first-order valence-electron chi connectivity index (χ1n) is 7.93. The molecule has 3 N–H and O–H groups in total. The number of anilines is 2. The van der Waals surface area contributed by atoms with Gasteiger partial charge in [-0.05, 0) is 60.9 Å². The number of hydrogen-bond acceptors (Lipinski definition) is 4. The molecule has 0 aliphatic heterocycles. The minimum Gasteiger partial charge on any atom is -0.348 e. The molecule has 7 heteroatoms. The average Bonchev–Trinajstić information content (AvgIpc) is 3.38. The zero-order valence-electron chi connectivity index (χ0n) is 13.7. The molecule has 0 bridgehead atoms. The Morgan fingerprint density at radius 2 is 1.68 bits per heavy atom. The fourth-order valence-electron chi connectivity index (χ4n) is 2.52. The van der Waals surface area contributed by atoms with E-state index in [1.165, 1.54) is 0 Å². The molecule has 3 rings (SSSR count). The summed E-state index contributed by atoms with van der Waals surface area (Å²) in [7, 11) is 0. The molecule has 0 saturated heterocycles. The fraction of sp³-hybridized carbons (Fsp3) is 0.222.